The Hall–Kier alpha value is -2.29. The molecular formula is C24H32O3. The molecule has 146 valence electrons. The van der Waals surface area contributed by atoms with Gasteiger partial charge in [-0.05, 0) is 45.2 Å². The van der Waals surface area contributed by atoms with Crippen LogP contribution in [0.4, 0.5) is 0 Å². The van der Waals surface area contributed by atoms with Crippen LogP contribution in [-0.2, 0) is 9.53 Å². The van der Waals surface area contributed by atoms with E-state index in [2.05, 4.69) is 37.3 Å². The molecule has 27 heavy (non-hydrogen) atoms. The highest BCUT2D eigenvalue weighted by molar-refractivity contribution is 5.75. The van der Waals surface area contributed by atoms with Gasteiger partial charge in [0.1, 0.15) is 5.75 Å². The number of hydrogen-bond donors (Lipinski definition) is 0. The molecule has 0 aliphatic rings. The number of hydrogen-bond acceptors (Lipinski definition) is 3. The first-order valence-electron chi connectivity index (χ1n) is 9.81. The Bertz CT molecular complexity index is 717. The van der Waals surface area contributed by atoms with E-state index in [1.54, 1.807) is 0 Å². The lowest BCUT2D eigenvalue weighted by Crippen LogP contribution is -2.25. The average Bonchev–Trinajstić information content (AvgIpc) is 2.67. The van der Waals surface area contributed by atoms with Crippen LogP contribution in [0.2, 0.25) is 0 Å². The fraction of sp³-hybridized carbons (Fsp3) is 0.458. The smallest absolute Gasteiger partial charge is 0.311 e. The number of rotatable bonds is 10. The zero-order valence-corrected chi connectivity index (χ0v) is 17.1. The van der Waals surface area contributed by atoms with Crippen molar-refractivity contribution in [2.45, 2.75) is 52.9 Å². The fourth-order valence-corrected chi connectivity index (χ4v) is 3.15. The zero-order chi connectivity index (χ0) is 19.7. The van der Waals surface area contributed by atoms with Gasteiger partial charge in [-0.15, -0.1) is 0 Å². The minimum Gasteiger partial charge on any atom is -0.493 e. The Morgan fingerprint density at radius 2 is 1.59 bits per heavy atom. The van der Waals surface area contributed by atoms with Gasteiger partial charge in [-0.3, -0.25) is 4.79 Å². The summed E-state index contributed by atoms with van der Waals surface area (Å²) in [5, 5.41) is 0. The summed E-state index contributed by atoms with van der Waals surface area (Å²) < 4.78 is 10.9. The van der Waals surface area contributed by atoms with E-state index in [4.69, 9.17) is 9.47 Å². The van der Waals surface area contributed by atoms with E-state index in [9.17, 15) is 4.79 Å². The van der Waals surface area contributed by atoms with Crippen molar-refractivity contribution in [1.82, 2.24) is 0 Å². The molecule has 3 heteroatoms. The molecule has 0 heterocycles. The standard InChI is InChI=1S/C24H32O3/c1-19-13-15-20(16-14-19)21-11-7-8-12-22(21)27-18-10-6-5-9-17-24(2,3)23(25)26-4/h7-8,11-16H,5-6,9-10,17-18H2,1-4H3. The molecule has 0 saturated heterocycles. The summed E-state index contributed by atoms with van der Waals surface area (Å²) in [5.74, 6) is 0.812. The van der Waals surface area contributed by atoms with Crippen molar-refractivity contribution in [2.75, 3.05) is 13.7 Å². The molecule has 3 nitrogen and oxygen atoms in total. The topological polar surface area (TPSA) is 35.5 Å². The predicted octanol–water partition coefficient (Wildman–Crippen LogP) is 6.19. The van der Waals surface area contributed by atoms with Gasteiger partial charge in [0.05, 0.1) is 19.1 Å². The summed E-state index contributed by atoms with van der Waals surface area (Å²) in [6, 6.07) is 16.7. The number of esters is 1. The number of para-hydroxylation sites is 1. The van der Waals surface area contributed by atoms with Crippen LogP contribution in [-0.4, -0.2) is 19.7 Å². The molecule has 0 radical (unpaired) electrons. The Labute approximate surface area is 163 Å². The summed E-state index contributed by atoms with van der Waals surface area (Å²) in [7, 11) is 1.45. The van der Waals surface area contributed by atoms with Crippen LogP contribution in [0, 0.1) is 12.3 Å². The third-order valence-electron chi connectivity index (χ3n) is 4.94. The highest BCUT2D eigenvalue weighted by Gasteiger charge is 2.27. The maximum Gasteiger partial charge on any atom is 0.311 e. The van der Waals surface area contributed by atoms with Crippen molar-refractivity contribution in [3.05, 3.63) is 54.1 Å². The summed E-state index contributed by atoms with van der Waals surface area (Å²) in [4.78, 5) is 11.7. The minimum absolute atomic E-state index is 0.126. The normalized spacial score (nSPS) is 11.3. The Kier molecular flexibility index (Phi) is 7.90. The van der Waals surface area contributed by atoms with Crippen LogP contribution in [0.5, 0.6) is 5.75 Å². The van der Waals surface area contributed by atoms with Gasteiger partial charge in [-0.1, -0.05) is 67.3 Å². The van der Waals surface area contributed by atoms with Gasteiger partial charge in [0.25, 0.3) is 0 Å². The third-order valence-corrected chi connectivity index (χ3v) is 4.94. The summed E-state index contributed by atoms with van der Waals surface area (Å²) >= 11 is 0. The first-order valence-corrected chi connectivity index (χ1v) is 9.81. The molecule has 0 N–H and O–H groups in total. The second kappa shape index (κ2) is 10.1. The highest BCUT2D eigenvalue weighted by Crippen LogP contribution is 2.30. The largest absolute Gasteiger partial charge is 0.493 e. The minimum atomic E-state index is -0.391. The van der Waals surface area contributed by atoms with Gasteiger partial charge in [-0.2, -0.15) is 0 Å². The van der Waals surface area contributed by atoms with Crippen LogP contribution in [0.3, 0.4) is 0 Å². The van der Waals surface area contributed by atoms with Crippen molar-refractivity contribution in [3.8, 4) is 16.9 Å². The maximum absolute atomic E-state index is 11.7. The molecule has 0 fully saturated rings. The first-order chi connectivity index (χ1) is 12.9. The van der Waals surface area contributed by atoms with Crippen LogP contribution in [0.15, 0.2) is 48.5 Å². The van der Waals surface area contributed by atoms with Gasteiger partial charge >= 0.3 is 5.97 Å². The van der Waals surface area contributed by atoms with E-state index in [0.29, 0.717) is 6.61 Å². The number of ether oxygens (including phenoxy) is 2. The maximum atomic E-state index is 11.7. The lowest BCUT2D eigenvalue weighted by Gasteiger charge is -2.21. The lowest BCUT2D eigenvalue weighted by molar-refractivity contribution is -0.151. The van der Waals surface area contributed by atoms with E-state index in [1.807, 2.05) is 32.0 Å². The van der Waals surface area contributed by atoms with Gasteiger partial charge in [0.2, 0.25) is 0 Å². The fourth-order valence-electron chi connectivity index (χ4n) is 3.15. The molecular weight excluding hydrogens is 336 g/mol. The molecule has 0 aliphatic carbocycles. The van der Waals surface area contributed by atoms with Crippen molar-refractivity contribution >= 4 is 5.97 Å². The van der Waals surface area contributed by atoms with E-state index < -0.39 is 5.41 Å². The van der Waals surface area contributed by atoms with Crippen LogP contribution < -0.4 is 4.74 Å². The molecule has 0 spiro atoms. The Morgan fingerprint density at radius 3 is 2.30 bits per heavy atom. The van der Waals surface area contributed by atoms with Crippen LogP contribution in [0.25, 0.3) is 11.1 Å². The van der Waals surface area contributed by atoms with Crippen molar-refractivity contribution in [2.24, 2.45) is 5.41 Å². The van der Waals surface area contributed by atoms with E-state index in [0.717, 1.165) is 43.4 Å². The van der Waals surface area contributed by atoms with Crippen molar-refractivity contribution in [3.63, 3.8) is 0 Å². The van der Waals surface area contributed by atoms with E-state index in [-0.39, 0.29) is 5.97 Å². The SMILES string of the molecule is COC(=O)C(C)(C)CCCCCCOc1ccccc1-c1ccc(C)cc1. The number of aryl methyl sites for hydroxylation is 1. The molecule has 2 rings (SSSR count). The van der Waals surface area contributed by atoms with Gasteiger partial charge in [0.15, 0.2) is 0 Å². The molecule has 0 aliphatic heterocycles. The monoisotopic (exact) mass is 368 g/mol. The zero-order valence-electron chi connectivity index (χ0n) is 17.1. The number of methoxy groups -OCH3 is 1. The van der Waals surface area contributed by atoms with Gasteiger partial charge in [-0.25, -0.2) is 0 Å². The van der Waals surface area contributed by atoms with E-state index >= 15 is 0 Å². The summed E-state index contributed by atoms with van der Waals surface area (Å²) in [6.45, 7) is 6.70. The molecule has 0 saturated carbocycles. The van der Waals surface area contributed by atoms with Crippen LogP contribution >= 0.6 is 0 Å². The second-order valence-corrected chi connectivity index (χ2v) is 7.75. The van der Waals surface area contributed by atoms with Gasteiger partial charge < -0.3 is 9.47 Å². The summed E-state index contributed by atoms with van der Waals surface area (Å²) in [5.41, 5.74) is 3.18. The summed E-state index contributed by atoms with van der Waals surface area (Å²) in [6.07, 6.45) is 5.10. The number of carbonyl (C=O) groups is 1. The van der Waals surface area contributed by atoms with E-state index in [1.165, 1.54) is 18.2 Å². The molecule has 2 aromatic rings. The third kappa shape index (κ3) is 6.42. The molecule has 0 bridgehead atoms. The highest BCUT2D eigenvalue weighted by atomic mass is 16.5. The Morgan fingerprint density at radius 1 is 0.926 bits per heavy atom. The molecule has 0 atom stereocenters. The Balaban J connectivity index is 1.75. The predicted molar refractivity (Wildman–Crippen MR) is 111 cm³/mol. The van der Waals surface area contributed by atoms with Gasteiger partial charge in [0, 0.05) is 5.56 Å². The second-order valence-electron chi connectivity index (χ2n) is 7.75. The first kappa shape index (κ1) is 21.0. The van der Waals surface area contributed by atoms with Crippen molar-refractivity contribution < 1.29 is 14.3 Å². The quantitative estimate of drug-likeness (QED) is 0.370. The average molecular weight is 369 g/mol. The number of unbranched alkanes of at least 4 members (excludes halogenated alkanes) is 3. The van der Waals surface area contributed by atoms with Crippen LogP contribution in [0.1, 0.15) is 51.5 Å². The number of benzene rings is 2. The molecule has 2 aromatic carbocycles. The van der Waals surface area contributed by atoms with Crippen molar-refractivity contribution in [1.29, 1.82) is 0 Å². The molecule has 0 unspecified atom stereocenters. The molecule has 0 amide bonds. The number of carbonyl (C=O) groups excluding carboxylic acids is 1. The lowest BCUT2D eigenvalue weighted by atomic mass is 9.87. The molecule has 0 aromatic heterocycles.